The molecule has 294 valence electrons. The molecule has 0 spiro atoms. The molecular weight excluding hydrogens is 665 g/mol. The maximum absolute atomic E-state index is 12.1. The van der Waals surface area contributed by atoms with E-state index in [2.05, 4.69) is 54.0 Å². The third-order valence-corrected chi connectivity index (χ3v) is 8.98. The van der Waals surface area contributed by atoms with Crippen LogP contribution in [-0.4, -0.2) is 84.7 Å². The molecule has 1 aliphatic carbocycles. The number of piperidine rings is 1. The molecule has 3 aliphatic rings. The highest BCUT2D eigenvalue weighted by Gasteiger charge is 2.26. The summed E-state index contributed by atoms with van der Waals surface area (Å²) in [5.74, 6) is 1.08. The van der Waals surface area contributed by atoms with E-state index in [-0.39, 0.29) is 5.43 Å². The smallest absolute Gasteiger partial charge is 0.236 e. The first kappa shape index (κ1) is 46.8. The molecule has 9 nitrogen and oxygen atoms in total. The molecule has 2 aliphatic heterocycles. The lowest BCUT2D eigenvalue weighted by atomic mass is 10.1. The minimum Gasteiger partial charge on any atom is -0.497 e. The van der Waals surface area contributed by atoms with Crippen LogP contribution in [0.3, 0.4) is 0 Å². The van der Waals surface area contributed by atoms with Gasteiger partial charge in [-0.15, -0.1) is 13.2 Å². The predicted molar refractivity (Wildman–Crippen MR) is 222 cm³/mol. The maximum atomic E-state index is 12.1. The van der Waals surface area contributed by atoms with Gasteiger partial charge in [-0.05, 0) is 95.5 Å². The lowest BCUT2D eigenvalue weighted by molar-refractivity contribution is -0.133. The van der Waals surface area contributed by atoms with Crippen LogP contribution in [0.15, 0.2) is 84.7 Å². The van der Waals surface area contributed by atoms with Crippen molar-refractivity contribution >= 4 is 23.2 Å². The van der Waals surface area contributed by atoms with Gasteiger partial charge in [-0.25, -0.2) is 0 Å². The number of aliphatic hydroxyl groups is 1. The van der Waals surface area contributed by atoms with Crippen molar-refractivity contribution in [3.63, 3.8) is 0 Å². The zero-order valence-electron chi connectivity index (χ0n) is 33.3. The topological polar surface area (TPSA) is 115 Å². The number of pyridine rings is 1. The Morgan fingerprint density at radius 3 is 2.13 bits per heavy atom. The summed E-state index contributed by atoms with van der Waals surface area (Å²) < 4.78 is 5.19. The number of hydrogen-bond donors (Lipinski definition) is 3. The molecule has 3 N–H and O–H groups in total. The number of unbranched alkanes of at least 4 members (excludes halogenated alkanes) is 3. The number of nitrogens with zero attached hydrogens (tertiary/aromatic N) is 2. The van der Waals surface area contributed by atoms with Crippen molar-refractivity contribution in [2.24, 2.45) is 0 Å². The second-order valence-electron chi connectivity index (χ2n) is 13.3. The summed E-state index contributed by atoms with van der Waals surface area (Å²) in [6.45, 7) is 17.4. The maximum Gasteiger partial charge on any atom is 0.236 e. The number of aromatic amines is 1. The van der Waals surface area contributed by atoms with Crippen molar-refractivity contribution in [2.45, 2.75) is 110 Å². The quantitative estimate of drug-likeness (QED) is 0.103. The van der Waals surface area contributed by atoms with E-state index < -0.39 is 0 Å². The van der Waals surface area contributed by atoms with Crippen molar-refractivity contribution in [1.29, 1.82) is 0 Å². The molecule has 2 aromatic carbocycles. The number of likely N-dealkylation sites (tertiary alicyclic amines) is 2. The normalized spacial score (nSPS) is 15.8. The summed E-state index contributed by atoms with van der Waals surface area (Å²) in [6, 6.07) is 17.8. The van der Waals surface area contributed by atoms with E-state index in [1.54, 1.807) is 25.3 Å². The van der Waals surface area contributed by atoms with Gasteiger partial charge in [0.2, 0.25) is 12.3 Å². The third kappa shape index (κ3) is 19.4. The van der Waals surface area contributed by atoms with Gasteiger partial charge < -0.3 is 25.0 Å². The van der Waals surface area contributed by atoms with Crippen molar-refractivity contribution in [1.82, 2.24) is 20.1 Å². The van der Waals surface area contributed by atoms with Gasteiger partial charge >= 0.3 is 0 Å². The standard InChI is InChI=1S/C16H13NO2.C12H22N2O.C7H14.C4H7NO.C4H8.CH4O/c1-19-12-7-8-13-15(9-12)17-14(10-16(13)18)11-5-3-2-4-6-11;1-11-6-5-9-14(11)12(15)10-13-7-3-2-4-8-13;1-3-5-7-6-4-2;6-3-5-4-1-2-4;1-3-4-2;1-2/h2-10H,1H3,(H,17,18);11H,2-10H2,1H3;3H,1,4-7H2,2H3;3-4H,1-2H2,(H,5,6);3H,1,4H2,2H3;2H,1H3. The first-order valence-electron chi connectivity index (χ1n) is 19.5. The fraction of sp³-hybridized carbons (Fsp3) is 0.523. The van der Waals surface area contributed by atoms with Gasteiger partial charge in [0.15, 0.2) is 5.43 Å². The molecule has 6 rings (SSSR count). The van der Waals surface area contributed by atoms with Crippen LogP contribution in [0.1, 0.15) is 97.8 Å². The summed E-state index contributed by atoms with van der Waals surface area (Å²) in [5, 5.41) is 10.3. The Morgan fingerprint density at radius 2 is 1.62 bits per heavy atom. The Bertz CT molecular complexity index is 1480. The molecule has 1 unspecified atom stereocenters. The van der Waals surface area contributed by atoms with Crippen molar-refractivity contribution in [3.8, 4) is 17.0 Å². The van der Waals surface area contributed by atoms with Gasteiger partial charge in [-0.3, -0.25) is 19.3 Å². The molecule has 2 saturated heterocycles. The number of amides is 2. The first-order chi connectivity index (χ1) is 25.8. The summed E-state index contributed by atoms with van der Waals surface area (Å²) >= 11 is 0. The molecule has 3 fully saturated rings. The second-order valence-corrected chi connectivity index (χ2v) is 13.3. The number of rotatable bonds is 11. The van der Waals surface area contributed by atoms with Crippen LogP contribution in [0, 0.1) is 0 Å². The average molecular weight is 733 g/mol. The van der Waals surface area contributed by atoms with Crippen molar-refractivity contribution in [2.75, 3.05) is 40.4 Å². The highest BCUT2D eigenvalue weighted by Crippen LogP contribution is 2.21. The van der Waals surface area contributed by atoms with Gasteiger partial charge in [0.05, 0.1) is 19.2 Å². The highest BCUT2D eigenvalue weighted by molar-refractivity contribution is 5.82. The van der Waals surface area contributed by atoms with Crippen molar-refractivity contribution in [3.05, 3.63) is 90.1 Å². The SMILES string of the molecule is C=CCC.C=CCCCCC.CC1CCCN1C(=O)CN1CCCCC1.CO.COc1ccc2c(=O)cc(-c3ccccc3)[nH]c2c1.O=CNC1CC1. The van der Waals surface area contributed by atoms with E-state index in [1.165, 1.54) is 70.6 Å². The summed E-state index contributed by atoms with van der Waals surface area (Å²) in [6.07, 6.45) is 19.5. The number of ether oxygens (including phenoxy) is 1. The fourth-order valence-corrected chi connectivity index (χ4v) is 5.72. The Labute approximate surface area is 319 Å². The number of carbonyl (C=O) groups excluding carboxylic acids is 2. The third-order valence-electron chi connectivity index (χ3n) is 8.98. The Hall–Kier alpha value is -4.21. The molecule has 3 heterocycles. The zero-order valence-corrected chi connectivity index (χ0v) is 33.3. The van der Waals surface area contributed by atoms with Gasteiger partial charge in [-0.1, -0.05) is 75.6 Å². The van der Waals surface area contributed by atoms with Crippen molar-refractivity contribution < 1.29 is 19.4 Å². The first-order valence-corrected chi connectivity index (χ1v) is 19.5. The highest BCUT2D eigenvalue weighted by atomic mass is 16.5. The van der Waals surface area contributed by atoms with Crippen LogP contribution in [0.4, 0.5) is 0 Å². The van der Waals surface area contributed by atoms with Crippen LogP contribution < -0.4 is 15.5 Å². The number of hydrogen-bond acceptors (Lipinski definition) is 6. The van der Waals surface area contributed by atoms with Gasteiger partial charge in [0.1, 0.15) is 5.75 Å². The number of aromatic nitrogens is 1. The van der Waals surface area contributed by atoms with Gasteiger partial charge in [0, 0.05) is 49.0 Å². The number of methoxy groups -OCH3 is 1. The predicted octanol–water partition coefficient (Wildman–Crippen LogP) is 8.53. The van der Waals surface area contributed by atoms with Crippen LogP contribution in [0.2, 0.25) is 0 Å². The summed E-state index contributed by atoms with van der Waals surface area (Å²) in [4.78, 5) is 41.3. The number of aliphatic hydroxyl groups excluding tert-OH is 1. The Kier molecular flexibility index (Phi) is 25.8. The molecule has 53 heavy (non-hydrogen) atoms. The fourth-order valence-electron chi connectivity index (χ4n) is 5.72. The van der Waals surface area contributed by atoms with E-state index >= 15 is 0 Å². The van der Waals surface area contributed by atoms with Crippen LogP contribution in [0.25, 0.3) is 22.2 Å². The van der Waals surface area contributed by atoms with Crippen LogP contribution in [-0.2, 0) is 9.59 Å². The Morgan fingerprint density at radius 1 is 0.943 bits per heavy atom. The summed E-state index contributed by atoms with van der Waals surface area (Å²) in [5.41, 5.74) is 2.59. The number of H-pyrrole nitrogens is 1. The lowest BCUT2D eigenvalue weighted by Gasteiger charge is -2.29. The van der Waals surface area contributed by atoms with Gasteiger partial charge in [0.25, 0.3) is 0 Å². The van der Waals surface area contributed by atoms with E-state index in [0.29, 0.717) is 29.9 Å². The van der Waals surface area contributed by atoms with Gasteiger partial charge in [-0.2, -0.15) is 0 Å². The van der Waals surface area contributed by atoms with E-state index in [1.807, 2.05) is 48.6 Å². The monoisotopic (exact) mass is 733 g/mol. The molecular formula is C44H68N4O5. The number of allylic oxidation sites excluding steroid dienone is 2. The summed E-state index contributed by atoms with van der Waals surface area (Å²) in [7, 11) is 2.61. The minimum absolute atomic E-state index is 0.00950. The molecule has 1 atom stereocenters. The molecule has 0 bridgehead atoms. The molecule has 1 saturated carbocycles. The minimum atomic E-state index is 0.00950. The number of carbonyl (C=O) groups is 2. The zero-order chi connectivity index (χ0) is 39.3. The number of nitrogens with one attached hydrogen (secondary N) is 2. The second kappa shape index (κ2) is 29.3. The number of benzene rings is 2. The van der Waals surface area contributed by atoms with E-state index in [0.717, 1.165) is 62.1 Å². The molecule has 1 aromatic heterocycles. The largest absolute Gasteiger partial charge is 0.497 e. The van der Waals surface area contributed by atoms with Crippen LogP contribution in [0.5, 0.6) is 5.75 Å². The number of fused-ring (bicyclic) bond motifs is 1. The van der Waals surface area contributed by atoms with Crippen LogP contribution >= 0.6 is 0 Å². The lowest BCUT2D eigenvalue weighted by Crippen LogP contribution is -2.43. The Balaban J connectivity index is 0.000000365. The molecule has 3 aromatic rings. The average Bonchev–Trinajstić information content (AvgIpc) is 3.92. The molecule has 9 heteroatoms. The van der Waals surface area contributed by atoms with E-state index in [9.17, 15) is 14.4 Å². The van der Waals surface area contributed by atoms with E-state index in [4.69, 9.17) is 9.84 Å². The molecule has 0 radical (unpaired) electrons. The molecule has 2 amide bonds.